The van der Waals surface area contributed by atoms with Gasteiger partial charge in [-0.15, -0.1) is 0 Å². The van der Waals surface area contributed by atoms with Crippen LogP contribution in [0.25, 0.3) is 27.8 Å². The Morgan fingerprint density at radius 3 is 2.76 bits per heavy atom. The number of benzene rings is 2. The molecule has 0 saturated carbocycles. The van der Waals surface area contributed by atoms with E-state index in [9.17, 15) is 14.3 Å². The van der Waals surface area contributed by atoms with E-state index in [1.54, 1.807) is 6.20 Å². The minimum atomic E-state index is -0.650. The van der Waals surface area contributed by atoms with Gasteiger partial charge in [0, 0.05) is 48.0 Å². The second-order valence-corrected chi connectivity index (χ2v) is 10.2. The third kappa shape index (κ3) is 5.51. The Labute approximate surface area is 219 Å². The number of aryl methyl sites for hydroxylation is 1. The molecule has 0 amide bonds. The fraction of sp³-hybridized carbons (Fsp3) is 0.321. The van der Waals surface area contributed by atoms with Crippen LogP contribution in [0.1, 0.15) is 30.4 Å². The van der Waals surface area contributed by atoms with Crippen LogP contribution in [0.4, 0.5) is 4.39 Å². The zero-order valence-electron chi connectivity index (χ0n) is 20.8. The standard InChI is InChI=1S/C28H29ClFN5O2/c1-17-7-18(9-19(29)8-17)24-13-32-27-26(25(24)15-34(2)14-21-5-3-4-6-31-21)28(37)35(16-33-27)22-10-20(30)11-23(36)12-22/h7-13,16,21,31,36H,3-6,14-15H2,1-2H3/t21-/m0/s1. The molecule has 1 aliphatic heterocycles. The van der Waals surface area contributed by atoms with Crippen molar-refractivity contribution in [2.24, 2.45) is 0 Å². The van der Waals surface area contributed by atoms with Crippen LogP contribution in [0.5, 0.6) is 5.75 Å². The largest absolute Gasteiger partial charge is 0.508 e. The molecule has 1 atom stereocenters. The van der Waals surface area contributed by atoms with Crippen molar-refractivity contribution in [2.75, 3.05) is 20.1 Å². The van der Waals surface area contributed by atoms with Gasteiger partial charge in [-0.1, -0.05) is 24.1 Å². The van der Waals surface area contributed by atoms with E-state index in [-0.39, 0.29) is 17.0 Å². The quantitative estimate of drug-likeness (QED) is 0.378. The van der Waals surface area contributed by atoms with Crippen LogP contribution >= 0.6 is 11.6 Å². The summed E-state index contributed by atoms with van der Waals surface area (Å²) in [7, 11) is 2.04. The molecule has 0 aliphatic carbocycles. The second kappa shape index (κ2) is 10.6. The number of fused-ring (bicyclic) bond motifs is 1. The lowest BCUT2D eigenvalue weighted by Crippen LogP contribution is -2.42. The molecule has 192 valence electrons. The maximum atomic E-state index is 14.1. The van der Waals surface area contributed by atoms with Gasteiger partial charge in [0.15, 0.2) is 5.65 Å². The second-order valence-electron chi connectivity index (χ2n) is 9.80. The van der Waals surface area contributed by atoms with E-state index < -0.39 is 5.82 Å². The first-order valence-corrected chi connectivity index (χ1v) is 12.7. The van der Waals surface area contributed by atoms with Gasteiger partial charge in [0.1, 0.15) is 17.9 Å². The van der Waals surface area contributed by atoms with Crippen LogP contribution in [0.2, 0.25) is 5.02 Å². The molecule has 2 aromatic heterocycles. The number of halogens is 2. The van der Waals surface area contributed by atoms with Crippen LogP contribution in [-0.2, 0) is 6.54 Å². The predicted molar refractivity (Wildman–Crippen MR) is 144 cm³/mol. The van der Waals surface area contributed by atoms with E-state index >= 15 is 0 Å². The zero-order chi connectivity index (χ0) is 26.1. The number of aromatic nitrogens is 3. The average molecular weight is 522 g/mol. The van der Waals surface area contributed by atoms with Crippen molar-refractivity contribution in [3.63, 3.8) is 0 Å². The number of pyridine rings is 1. The first-order valence-electron chi connectivity index (χ1n) is 12.4. The summed E-state index contributed by atoms with van der Waals surface area (Å²) in [5, 5.41) is 14.4. The molecule has 9 heteroatoms. The van der Waals surface area contributed by atoms with Crippen LogP contribution in [0.3, 0.4) is 0 Å². The summed E-state index contributed by atoms with van der Waals surface area (Å²) in [6, 6.07) is 9.65. The molecule has 4 aromatic rings. The van der Waals surface area contributed by atoms with Gasteiger partial charge in [0.2, 0.25) is 0 Å². The van der Waals surface area contributed by atoms with E-state index in [2.05, 4.69) is 20.2 Å². The molecule has 1 saturated heterocycles. The molecular formula is C28H29ClFN5O2. The van der Waals surface area contributed by atoms with Crippen molar-refractivity contribution in [1.29, 1.82) is 0 Å². The normalized spacial score (nSPS) is 16.0. The first-order chi connectivity index (χ1) is 17.8. The van der Waals surface area contributed by atoms with Gasteiger partial charge >= 0.3 is 0 Å². The van der Waals surface area contributed by atoms with E-state index in [1.165, 1.54) is 35.9 Å². The molecule has 1 fully saturated rings. The number of likely N-dealkylation sites (N-methyl/N-ethyl adjacent to an activating group) is 1. The molecule has 2 N–H and O–H groups in total. The highest BCUT2D eigenvalue weighted by Gasteiger charge is 2.21. The van der Waals surface area contributed by atoms with Gasteiger partial charge < -0.3 is 15.3 Å². The summed E-state index contributed by atoms with van der Waals surface area (Å²) >= 11 is 6.39. The third-order valence-electron chi connectivity index (χ3n) is 6.77. The summed E-state index contributed by atoms with van der Waals surface area (Å²) in [4.78, 5) is 25.0. The number of phenols is 1. The maximum absolute atomic E-state index is 14.1. The van der Waals surface area contributed by atoms with Crippen LogP contribution in [-0.4, -0.2) is 50.7 Å². The highest BCUT2D eigenvalue weighted by Crippen LogP contribution is 2.31. The number of phenolic OH excluding ortho intramolecular Hbond substituents is 1. The third-order valence-corrected chi connectivity index (χ3v) is 6.98. The summed E-state index contributed by atoms with van der Waals surface area (Å²) in [5.41, 5.74) is 3.53. The minimum absolute atomic E-state index is 0.187. The summed E-state index contributed by atoms with van der Waals surface area (Å²) in [5.74, 6) is -0.925. The predicted octanol–water partition coefficient (Wildman–Crippen LogP) is 4.83. The van der Waals surface area contributed by atoms with Crippen molar-refractivity contribution in [3.8, 4) is 22.6 Å². The van der Waals surface area contributed by atoms with Gasteiger partial charge in [0.05, 0.1) is 11.1 Å². The zero-order valence-corrected chi connectivity index (χ0v) is 21.6. The first kappa shape index (κ1) is 25.3. The Morgan fingerprint density at radius 2 is 2.03 bits per heavy atom. The van der Waals surface area contributed by atoms with E-state index in [4.69, 9.17) is 11.6 Å². The molecular weight excluding hydrogens is 493 g/mol. The van der Waals surface area contributed by atoms with Crippen molar-refractivity contribution in [2.45, 2.75) is 38.8 Å². The number of hydrogen-bond acceptors (Lipinski definition) is 6. The number of nitrogens with one attached hydrogen (secondary N) is 1. The van der Waals surface area contributed by atoms with Gasteiger partial charge in [-0.25, -0.2) is 14.4 Å². The van der Waals surface area contributed by atoms with Gasteiger partial charge in [0.25, 0.3) is 5.56 Å². The SMILES string of the molecule is Cc1cc(Cl)cc(-c2cnc3ncn(-c4cc(O)cc(F)c4)c(=O)c3c2CN(C)C[C@@H]2CCCCN2)c1. The van der Waals surface area contributed by atoms with Crippen molar-refractivity contribution < 1.29 is 9.50 Å². The van der Waals surface area contributed by atoms with Crippen molar-refractivity contribution in [3.05, 3.63) is 81.2 Å². The minimum Gasteiger partial charge on any atom is -0.508 e. The van der Waals surface area contributed by atoms with E-state index in [0.717, 1.165) is 47.8 Å². The highest BCUT2D eigenvalue weighted by atomic mass is 35.5. The number of aromatic hydroxyl groups is 1. The fourth-order valence-corrected chi connectivity index (χ4v) is 5.41. The monoisotopic (exact) mass is 521 g/mol. The van der Waals surface area contributed by atoms with E-state index in [1.807, 2.05) is 32.2 Å². The van der Waals surface area contributed by atoms with Crippen molar-refractivity contribution in [1.82, 2.24) is 24.8 Å². The Morgan fingerprint density at radius 1 is 1.19 bits per heavy atom. The Bertz CT molecular complexity index is 1470. The highest BCUT2D eigenvalue weighted by molar-refractivity contribution is 6.31. The molecule has 0 bridgehead atoms. The lowest BCUT2D eigenvalue weighted by Gasteiger charge is -2.29. The lowest BCUT2D eigenvalue weighted by atomic mass is 9.97. The fourth-order valence-electron chi connectivity index (χ4n) is 5.12. The molecule has 5 rings (SSSR count). The number of nitrogens with zero attached hydrogens (tertiary/aromatic N) is 4. The molecule has 1 aliphatic rings. The van der Waals surface area contributed by atoms with Crippen molar-refractivity contribution >= 4 is 22.6 Å². The topological polar surface area (TPSA) is 83.3 Å². The summed E-state index contributed by atoms with van der Waals surface area (Å²) in [6.07, 6.45) is 6.55. The Hall–Kier alpha value is -3.33. The smallest absolute Gasteiger partial charge is 0.267 e. The molecule has 3 heterocycles. The van der Waals surface area contributed by atoms with E-state index in [0.29, 0.717) is 28.6 Å². The molecule has 0 radical (unpaired) electrons. The lowest BCUT2D eigenvalue weighted by molar-refractivity contribution is 0.257. The summed E-state index contributed by atoms with van der Waals surface area (Å²) < 4.78 is 15.3. The molecule has 37 heavy (non-hydrogen) atoms. The molecule has 7 nitrogen and oxygen atoms in total. The molecule has 0 unspecified atom stereocenters. The number of hydrogen-bond donors (Lipinski definition) is 2. The average Bonchev–Trinajstić information content (AvgIpc) is 2.83. The number of rotatable bonds is 6. The van der Waals surface area contributed by atoms with Gasteiger partial charge in [-0.05, 0) is 68.2 Å². The molecule has 0 spiro atoms. The summed E-state index contributed by atoms with van der Waals surface area (Å²) in [6.45, 7) is 4.28. The maximum Gasteiger partial charge on any atom is 0.267 e. The Balaban J connectivity index is 1.68. The van der Waals surface area contributed by atoms with Crippen LogP contribution in [0.15, 0.2) is 53.7 Å². The van der Waals surface area contributed by atoms with Crippen LogP contribution < -0.4 is 10.9 Å². The molecule has 2 aromatic carbocycles. The van der Waals surface area contributed by atoms with Gasteiger partial charge in [-0.3, -0.25) is 9.36 Å². The van der Waals surface area contributed by atoms with Crippen LogP contribution in [0, 0.1) is 12.7 Å². The Kier molecular flexibility index (Phi) is 7.24. The van der Waals surface area contributed by atoms with Gasteiger partial charge in [-0.2, -0.15) is 0 Å². The number of piperidine rings is 1.